The molecule has 1 aliphatic heterocycles. The van der Waals surface area contributed by atoms with Crippen LogP contribution in [-0.4, -0.2) is 85.1 Å². The van der Waals surface area contributed by atoms with Crippen LogP contribution in [-0.2, 0) is 21.9 Å². The summed E-state index contributed by atoms with van der Waals surface area (Å²) in [6.45, 7) is -2.06. The number of hydrogen-bond acceptors (Lipinski definition) is 8. The second-order valence-corrected chi connectivity index (χ2v) is 11.4. The SMILES string of the molecule is CS(=O)(=O)CCn1cc(-c2cc3nccn3c(-c3ccn(C4(CC#N)CN(C(F)(F)CF)C4)n3)n2)cn1. The van der Waals surface area contributed by atoms with Crippen molar-refractivity contribution in [2.24, 2.45) is 0 Å². The highest BCUT2D eigenvalue weighted by Gasteiger charge is 2.54. The Balaban J connectivity index is 1.47. The Morgan fingerprint density at radius 3 is 2.73 bits per heavy atom. The molecular weight excluding hydrogens is 511 g/mol. The number of likely N-dealkylation sites (tertiary alicyclic amines) is 1. The van der Waals surface area contributed by atoms with Gasteiger partial charge >= 0.3 is 6.05 Å². The second kappa shape index (κ2) is 8.96. The van der Waals surface area contributed by atoms with Gasteiger partial charge < -0.3 is 0 Å². The molecule has 194 valence electrons. The highest BCUT2D eigenvalue weighted by atomic mass is 32.2. The largest absolute Gasteiger partial charge is 0.333 e. The number of aromatic nitrogens is 7. The van der Waals surface area contributed by atoms with Crippen LogP contribution in [0.1, 0.15) is 6.42 Å². The molecule has 37 heavy (non-hydrogen) atoms. The summed E-state index contributed by atoms with van der Waals surface area (Å²) >= 11 is 0. The van der Waals surface area contributed by atoms with E-state index in [0.717, 1.165) is 6.26 Å². The monoisotopic (exact) mass is 533 g/mol. The van der Waals surface area contributed by atoms with Crippen molar-refractivity contribution in [1.82, 2.24) is 38.8 Å². The van der Waals surface area contributed by atoms with E-state index in [1.165, 1.54) is 9.36 Å². The van der Waals surface area contributed by atoms with Gasteiger partial charge in [0.25, 0.3) is 0 Å². The third kappa shape index (κ3) is 4.69. The first kappa shape index (κ1) is 24.9. The van der Waals surface area contributed by atoms with Crippen LogP contribution in [0.4, 0.5) is 13.2 Å². The van der Waals surface area contributed by atoms with Gasteiger partial charge in [-0.25, -0.2) is 27.7 Å². The van der Waals surface area contributed by atoms with Crippen molar-refractivity contribution in [1.29, 1.82) is 5.26 Å². The van der Waals surface area contributed by atoms with Crippen molar-refractivity contribution in [2.45, 2.75) is 24.6 Å². The summed E-state index contributed by atoms with van der Waals surface area (Å²) in [7, 11) is -3.15. The molecule has 4 aromatic heterocycles. The van der Waals surface area contributed by atoms with E-state index in [2.05, 4.69) is 15.2 Å². The molecule has 11 nitrogen and oxygen atoms in total. The van der Waals surface area contributed by atoms with Crippen LogP contribution in [0.25, 0.3) is 28.4 Å². The number of nitriles is 1. The predicted molar refractivity (Wildman–Crippen MR) is 126 cm³/mol. The number of halogens is 3. The standard InChI is InChI=1S/C22H22F3N9O2S/c1-37(35,36)9-8-32-12-16(11-28-32)18-10-19-27-5-7-33(19)20(29-18)17-2-6-34(30-17)21(3-4-26)14-31(15-21)22(24,25)13-23/h2,5-7,10-12H,3,8-9,13-15H2,1H3. The van der Waals surface area contributed by atoms with Crippen LogP contribution in [0.3, 0.4) is 0 Å². The summed E-state index contributed by atoms with van der Waals surface area (Å²) in [6, 6.07) is 1.84. The molecule has 0 aromatic carbocycles. The lowest BCUT2D eigenvalue weighted by Crippen LogP contribution is -2.68. The molecule has 0 spiro atoms. The number of aryl methyl sites for hydroxylation is 1. The average molecular weight is 534 g/mol. The minimum atomic E-state index is -3.60. The Morgan fingerprint density at radius 2 is 2.03 bits per heavy atom. The van der Waals surface area contributed by atoms with Gasteiger partial charge in [0.15, 0.2) is 12.5 Å². The highest BCUT2D eigenvalue weighted by Crippen LogP contribution is 2.39. The lowest BCUT2D eigenvalue weighted by atomic mass is 9.86. The van der Waals surface area contributed by atoms with Crippen molar-refractivity contribution >= 4 is 15.5 Å². The van der Waals surface area contributed by atoms with E-state index < -0.39 is 28.1 Å². The molecular formula is C22H22F3N9O2S. The zero-order valence-corrected chi connectivity index (χ0v) is 20.5. The van der Waals surface area contributed by atoms with Crippen molar-refractivity contribution < 1.29 is 21.6 Å². The maximum absolute atomic E-state index is 13.8. The summed E-state index contributed by atoms with van der Waals surface area (Å²) in [5.41, 5.74) is 1.14. The Hall–Kier alpha value is -3.77. The fourth-order valence-corrected chi connectivity index (χ4v) is 4.82. The highest BCUT2D eigenvalue weighted by molar-refractivity contribution is 7.90. The number of fused-ring (bicyclic) bond motifs is 1. The van der Waals surface area contributed by atoms with E-state index in [-0.39, 0.29) is 31.8 Å². The molecule has 0 saturated carbocycles. The predicted octanol–water partition coefficient (Wildman–Crippen LogP) is 1.99. The first-order chi connectivity index (χ1) is 17.5. The number of nitrogens with zero attached hydrogens (tertiary/aromatic N) is 9. The molecule has 0 radical (unpaired) electrons. The lowest BCUT2D eigenvalue weighted by molar-refractivity contribution is -0.218. The average Bonchev–Trinajstić information content (AvgIpc) is 3.59. The van der Waals surface area contributed by atoms with Crippen molar-refractivity contribution in [3.8, 4) is 28.8 Å². The van der Waals surface area contributed by atoms with Gasteiger partial charge in [-0.2, -0.15) is 24.2 Å². The molecule has 1 saturated heterocycles. The van der Waals surface area contributed by atoms with Crippen molar-refractivity contribution in [3.05, 3.63) is 43.1 Å². The minimum absolute atomic E-state index is 0.0529. The molecule has 15 heteroatoms. The van der Waals surface area contributed by atoms with Crippen LogP contribution < -0.4 is 0 Å². The van der Waals surface area contributed by atoms with Crippen LogP contribution in [0, 0.1) is 11.3 Å². The summed E-state index contributed by atoms with van der Waals surface area (Å²) < 4.78 is 68.0. The number of rotatable bonds is 9. The van der Waals surface area contributed by atoms with Crippen LogP contribution >= 0.6 is 0 Å². The third-order valence-electron chi connectivity index (χ3n) is 6.32. The first-order valence-electron chi connectivity index (χ1n) is 11.2. The van der Waals surface area contributed by atoms with Crippen LogP contribution in [0.5, 0.6) is 0 Å². The van der Waals surface area contributed by atoms with Gasteiger partial charge in [0.05, 0.1) is 36.7 Å². The number of sulfone groups is 1. The topological polar surface area (TPSA) is 127 Å². The van der Waals surface area contributed by atoms with Gasteiger partial charge in [0.1, 0.15) is 26.7 Å². The van der Waals surface area contributed by atoms with Crippen molar-refractivity contribution in [2.75, 3.05) is 31.8 Å². The van der Waals surface area contributed by atoms with Gasteiger partial charge in [-0.1, -0.05) is 0 Å². The molecule has 0 aliphatic carbocycles. The minimum Gasteiger partial charge on any atom is -0.282 e. The van der Waals surface area contributed by atoms with Gasteiger partial charge in [0, 0.05) is 55.8 Å². The fraction of sp³-hybridized carbons (Fsp3) is 0.409. The molecule has 0 unspecified atom stereocenters. The number of alkyl halides is 3. The van der Waals surface area contributed by atoms with Crippen LogP contribution in [0.15, 0.2) is 43.1 Å². The smallest absolute Gasteiger partial charge is 0.282 e. The van der Waals surface area contributed by atoms with E-state index in [1.54, 1.807) is 47.5 Å². The summed E-state index contributed by atoms with van der Waals surface area (Å²) in [5, 5.41) is 18.1. The maximum atomic E-state index is 13.8. The van der Waals surface area contributed by atoms with E-state index in [9.17, 15) is 26.9 Å². The number of hydrogen-bond donors (Lipinski definition) is 0. The zero-order valence-electron chi connectivity index (χ0n) is 19.7. The maximum Gasteiger partial charge on any atom is 0.333 e. The van der Waals surface area contributed by atoms with E-state index in [0.29, 0.717) is 33.3 Å². The molecule has 5 rings (SSSR count). The Labute approximate surface area is 209 Å². The zero-order chi connectivity index (χ0) is 26.4. The van der Waals surface area contributed by atoms with Gasteiger partial charge in [0.2, 0.25) is 0 Å². The van der Waals surface area contributed by atoms with Gasteiger partial charge in [-0.3, -0.25) is 13.8 Å². The summed E-state index contributed by atoms with van der Waals surface area (Å²) in [6.07, 6.45) is 9.23. The second-order valence-electron chi connectivity index (χ2n) is 9.10. The van der Waals surface area contributed by atoms with E-state index in [1.807, 2.05) is 6.07 Å². The molecule has 4 aromatic rings. The first-order valence-corrected chi connectivity index (χ1v) is 13.3. The Bertz CT molecular complexity index is 1600. The van der Waals surface area contributed by atoms with Gasteiger partial charge in [-0.05, 0) is 6.07 Å². The van der Waals surface area contributed by atoms with Crippen LogP contribution in [0.2, 0.25) is 0 Å². The molecule has 5 heterocycles. The molecule has 1 aliphatic rings. The number of imidazole rings is 1. The lowest BCUT2D eigenvalue weighted by Gasteiger charge is -2.51. The quantitative estimate of drug-likeness (QED) is 0.299. The summed E-state index contributed by atoms with van der Waals surface area (Å²) in [4.78, 5) is 9.75. The summed E-state index contributed by atoms with van der Waals surface area (Å²) in [5.74, 6) is 0.368. The van der Waals surface area contributed by atoms with Gasteiger partial charge in [-0.15, -0.1) is 0 Å². The fourth-order valence-electron chi connectivity index (χ4n) is 4.30. The third-order valence-corrected chi connectivity index (χ3v) is 7.24. The van der Waals surface area contributed by atoms with Crippen molar-refractivity contribution in [3.63, 3.8) is 0 Å². The Kier molecular flexibility index (Phi) is 6.03. The molecule has 1 fully saturated rings. The molecule has 0 bridgehead atoms. The Morgan fingerprint density at radius 1 is 1.24 bits per heavy atom. The van der Waals surface area contributed by atoms with E-state index >= 15 is 0 Å². The van der Waals surface area contributed by atoms with E-state index in [4.69, 9.17) is 4.98 Å². The molecule has 0 N–H and O–H groups in total. The molecule has 0 atom stereocenters. The molecule has 0 amide bonds. The normalized spacial score (nSPS) is 16.1.